The molecule has 2 aromatic rings. The van der Waals surface area contributed by atoms with Crippen LogP contribution in [-0.4, -0.2) is 36.1 Å². The first kappa shape index (κ1) is 17.1. The van der Waals surface area contributed by atoms with Crippen LogP contribution in [-0.2, 0) is 16.6 Å². The third-order valence-electron chi connectivity index (χ3n) is 4.36. The van der Waals surface area contributed by atoms with E-state index in [2.05, 4.69) is 10.2 Å². The quantitative estimate of drug-likeness (QED) is 0.850. The molecule has 3 rings (SSSR count). The number of anilines is 2. The summed E-state index contributed by atoms with van der Waals surface area (Å²) in [7, 11) is 1.75. The molecule has 1 saturated heterocycles. The first-order chi connectivity index (χ1) is 12.1. The molecule has 1 N–H and O–H groups in total. The van der Waals surface area contributed by atoms with Crippen LogP contribution in [0.25, 0.3) is 0 Å². The summed E-state index contributed by atoms with van der Waals surface area (Å²) in [5.74, 6) is -0.864. The SMILES string of the molecule is Cn1cccc1C(=O)OCC(=O)Nc1ccc(N2CCCCC2)cc1. The van der Waals surface area contributed by atoms with Gasteiger partial charge in [0.15, 0.2) is 6.61 Å². The molecule has 1 aromatic carbocycles. The van der Waals surface area contributed by atoms with Crippen LogP contribution in [0.2, 0.25) is 0 Å². The number of amides is 1. The monoisotopic (exact) mass is 341 g/mol. The number of hydrogen-bond donors (Lipinski definition) is 1. The number of aromatic nitrogens is 1. The zero-order valence-electron chi connectivity index (χ0n) is 14.4. The van der Waals surface area contributed by atoms with Crippen molar-refractivity contribution in [3.05, 3.63) is 48.3 Å². The molecule has 0 atom stereocenters. The molecule has 0 unspecified atom stereocenters. The molecular formula is C19H23N3O3. The van der Waals surface area contributed by atoms with Crippen molar-refractivity contribution in [2.75, 3.05) is 29.9 Å². The summed E-state index contributed by atoms with van der Waals surface area (Å²) < 4.78 is 6.69. The molecule has 1 amide bonds. The van der Waals surface area contributed by atoms with E-state index in [4.69, 9.17) is 4.74 Å². The second-order valence-electron chi connectivity index (χ2n) is 6.22. The standard InChI is InChI=1S/C19H23N3O3/c1-21-11-5-6-17(21)19(24)25-14-18(23)20-15-7-9-16(10-8-15)22-12-3-2-4-13-22/h5-11H,2-4,12-14H2,1H3,(H,20,23). The van der Waals surface area contributed by atoms with Gasteiger partial charge in [-0.15, -0.1) is 0 Å². The highest BCUT2D eigenvalue weighted by atomic mass is 16.5. The van der Waals surface area contributed by atoms with Crippen molar-refractivity contribution in [2.24, 2.45) is 7.05 Å². The van der Waals surface area contributed by atoms with E-state index >= 15 is 0 Å². The van der Waals surface area contributed by atoms with E-state index in [0.717, 1.165) is 13.1 Å². The fourth-order valence-corrected chi connectivity index (χ4v) is 2.98. The van der Waals surface area contributed by atoms with Gasteiger partial charge in [-0.05, 0) is 55.7 Å². The van der Waals surface area contributed by atoms with Gasteiger partial charge in [-0.2, -0.15) is 0 Å². The Bertz CT molecular complexity index is 731. The summed E-state index contributed by atoms with van der Waals surface area (Å²) in [5, 5.41) is 2.75. The maximum atomic E-state index is 12.0. The van der Waals surface area contributed by atoms with Gasteiger partial charge >= 0.3 is 5.97 Å². The maximum Gasteiger partial charge on any atom is 0.355 e. The Morgan fingerprint density at radius 1 is 1.08 bits per heavy atom. The van der Waals surface area contributed by atoms with E-state index < -0.39 is 5.97 Å². The number of rotatable bonds is 5. The van der Waals surface area contributed by atoms with Gasteiger partial charge in [0.2, 0.25) is 0 Å². The third kappa shape index (κ3) is 4.41. The fraction of sp³-hybridized carbons (Fsp3) is 0.368. The lowest BCUT2D eigenvalue weighted by molar-refractivity contribution is -0.119. The number of esters is 1. The molecule has 2 heterocycles. The van der Waals surface area contributed by atoms with E-state index in [0.29, 0.717) is 11.4 Å². The minimum absolute atomic E-state index is 0.308. The summed E-state index contributed by atoms with van der Waals surface area (Å²) in [5.41, 5.74) is 2.28. The lowest BCUT2D eigenvalue weighted by Crippen LogP contribution is -2.29. The predicted molar refractivity (Wildman–Crippen MR) is 96.8 cm³/mol. The van der Waals surface area contributed by atoms with Crippen molar-refractivity contribution in [3.8, 4) is 0 Å². The lowest BCUT2D eigenvalue weighted by atomic mass is 10.1. The average Bonchev–Trinajstić information content (AvgIpc) is 3.07. The summed E-state index contributed by atoms with van der Waals surface area (Å²) >= 11 is 0. The number of benzene rings is 1. The summed E-state index contributed by atoms with van der Waals surface area (Å²) in [6, 6.07) is 11.2. The molecule has 6 heteroatoms. The second kappa shape index (κ2) is 7.88. The van der Waals surface area contributed by atoms with Gasteiger partial charge in [0.05, 0.1) is 0 Å². The van der Waals surface area contributed by atoms with E-state index in [-0.39, 0.29) is 12.5 Å². The van der Waals surface area contributed by atoms with Crippen LogP contribution in [0.15, 0.2) is 42.6 Å². The molecule has 1 aliphatic rings. The van der Waals surface area contributed by atoms with Crippen LogP contribution in [0.3, 0.4) is 0 Å². The number of piperidine rings is 1. The van der Waals surface area contributed by atoms with Gasteiger partial charge in [0.25, 0.3) is 5.91 Å². The van der Waals surface area contributed by atoms with Gasteiger partial charge in [-0.25, -0.2) is 4.79 Å². The normalized spacial score (nSPS) is 14.2. The molecule has 1 aromatic heterocycles. The number of nitrogens with one attached hydrogen (secondary N) is 1. The van der Waals surface area contributed by atoms with Gasteiger partial charge in [0, 0.05) is 37.7 Å². The van der Waals surface area contributed by atoms with Crippen LogP contribution >= 0.6 is 0 Å². The molecule has 0 bridgehead atoms. The Morgan fingerprint density at radius 2 is 1.80 bits per heavy atom. The summed E-state index contributed by atoms with van der Waals surface area (Å²) in [4.78, 5) is 26.2. The van der Waals surface area contributed by atoms with Gasteiger partial charge in [-0.3, -0.25) is 4.79 Å². The fourth-order valence-electron chi connectivity index (χ4n) is 2.98. The third-order valence-corrected chi connectivity index (χ3v) is 4.36. The van der Waals surface area contributed by atoms with Crippen molar-refractivity contribution in [1.29, 1.82) is 0 Å². The average molecular weight is 341 g/mol. The van der Waals surface area contributed by atoms with Crippen molar-refractivity contribution in [1.82, 2.24) is 4.57 Å². The van der Waals surface area contributed by atoms with Crippen molar-refractivity contribution in [2.45, 2.75) is 19.3 Å². The topological polar surface area (TPSA) is 63.6 Å². The number of hydrogen-bond acceptors (Lipinski definition) is 4. The number of aryl methyl sites for hydroxylation is 1. The van der Waals surface area contributed by atoms with Crippen LogP contribution in [0.1, 0.15) is 29.8 Å². The Morgan fingerprint density at radius 3 is 2.44 bits per heavy atom. The molecule has 0 spiro atoms. The Balaban J connectivity index is 1.49. The van der Waals surface area contributed by atoms with Gasteiger partial charge < -0.3 is 19.5 Å². The van der Waals surface area contributed by atoms with Crippen molar-refractivity contribution in [3.63, 3.8) is 0 Å². The van der Waals surface area contributed by atoms with Crippen molar-refractivity contribution < 1.29 is 14.3 Å². The van der Waals surface area contributed by atoms with E-state index in [1.54, 1.807) is 29.9 Å². The molecule has 1 fully saturated rings. The molecule has 0 saturated carbocycles. The van der Waals surface area contributed by atoms with Gasteiger partial charge in [0.1, 0.15) is 5.69 Å². The minimum Gasteiger partial charge on any atom is -0.451 e. The van der Waals surface area contributed by atoms with Crippen LogP contribution in [0.4, 0.5) is 11.4 Å². The van der Waals surface area contributed by atoms with E-state index in [9.17, 15) is 9.59 Å². The molecular weight excluding hydrogens is 318 g/mol. The first-order valence-corrected chi connectivity index (χ1v) is 8.57. The molecule has 0 aliphatic carbocycles. The summed E-state index contributed by atoms with van der Waals surface area (Å²) in [6.45, 7) is 1.86. The number of carbonyl (C=O) groups is 2. The smallest absolute Gasteiger partial charge is 0.355 e. The van der Waals surface area contributed by atoms with E-state index in [1.807, 2.05) is 24.3 Å². The highest BCUT2D eigenvalue weighted by molar-refractivity contribution is 5.95. The Kier molecular flexibility index (Phi) is 5.38. The maximum absolute atomic E-state index is 12.0. The largest absolute Gasteiger partial charge is 0.451 e. The van der Waals surface area contributed by atoms with Crippen LogP contribution < -0.4 is 10.2 Å². The number of nitrogens with zero attached hydrogens (tertiary/aromatic N) is 2. The zero-order valence-corrected chi connectivity index (χ0v) is 14.4. The predicted octanol–water partition coefficient (Wildman–Crippen LogP) is 2.81. The molecule has 0 radical (unpaired) electrons. The lowest BCUT2D eigenvalue weighted by Gasteiger charge is -2.28. The molecule has 25 heavy (non-hydrogen) atoms. The van der Waals surface area contributed by atoms with Crippen molar-refractivity contribution >= 4 is 23.3 Å². The molecule has 1 aliphatic heterocycles. The van der Waals surface area contributed by atoms with Crippen LogP contribution in [0, 0.1) is 0 Å². The minimum atomic E-state index is -0.511. The first-order valence-electron chi connectivity index (χ1n) is 8.57. The number of ether oxygens (including phenoxy) is 1. The highest BCUT2D eigenvalue weighted by Gasteiger charge is 2.13. The Hall–Kier alpha value is -2.76. The van der Waals surface area contributed by atoms with Gasteiger partial charge in [-0.1, -0.05) is 0 Å². The zero-order chi connectivity index (χ0) is 17.6. The van der Waals surface area contributed by atoms with Crippen LogP contribution in [0.5, 0.6) is 0 Å². The number of carbonyl (C=O) groups excluding carboxylic acids is 2. The highest BCUT2D eigenvalue weighted by Crippen LogP contribution is 2.21. The molecule has 132 valence electrons. The molecule has 6 nitrogen and oxygen atoms in total. The summed E-state index contributed by atoms with van der Waals surface area (Å²) in [6.07, 6.45) is 5.50. The second-order valence-corrected chi connectivity index (χ2v) is 6.22. The van der Waals surface area contributed by atoms with E-state index in [1.165, 1.54) is 24.9 Å². The Labute approximate surface area is 147 Å².